The summed E-state index contributed by atoms with van der Waals surface area (Å²) in [5.74, 6) is 0.689. The Hall–Kier alpha value is -1.29. The molecule has 0 spiro atoms. The van der Waals surface area contributed by atoms with Crippen LogP contribution in [0.1, 0.15) is 38.5 Å². The van der Waals surface area contributed by atoms with Gasteiger partial charge in [-0.1, -0.05) is 37.3 Å². The average Bonchev–Trinajstić information content (AvgIpc) is 2.65. The molecule has 19 heavy (non-hydrogen) atoms. The van der Waals surface area contributed by atoms with Gasteiger partial charge in [-0.3, -0.25) is 10.1 Å². The molecule has 104 valence electrons. The van der Waals surface area contributed by atoms with Gasteiger partial charge in [0.25, 0.3) is 5.69 Å². The SMILES string of the molecule is O=[N+]([O-])c1ccc(NCC2CCCCCC2)c(Cl)c1. The molecule has 0 amide bonds. The van der Waals surface area contributed by atoms with Crippen molar-refractivity contribution in [2.24, 2.45) is 5.92 Å². The second kappa shape index (κ2) is 6.75. The van der Waals surface area contributed by atoms with Crippen LogP contribution in [0, 0.1) is 16.0 Å². The van der Waals surface area contributed by atoms with Crippen LogP contribution in [-0.2, 0) is 0 Å². The predicted molar refractivity (Wildman–Crippen MR) is 77.8 cm³/mol. The molecule has 1 aromatic rings. The smallest absolute Gasteiger partial charge is 0.271 e. The van der Waals surface area contributed by atoms with E-state index >= 15 is 0 Å². The van der Waals surface area contributed by atoms with Crippen molar-refractivity contribution in [2.75, 3.05) is 11.9 Å². The van der Waals surface area contributed by atoms with E-state index in [1.807, 2.05) is 0 Å². The zero-order chi connectivity index (χ0) is 13.7. The number of hydrogen-bond acceptors (Lipinski definition) is 3. The fraction of sp³-hybridized carbons (Fsp3) is 0.571. The van der Waals surface area contributed by atoms with E-state index in [9.17, 15) is 10.1 Å². The van der Waals surface area contributed by atoms with Gasteiger partial charge in [-0.15, -0.1) is 0 Å². The van der Waals surface area contributed by atoms with Gasteiger partial charge in [0.05, 0.1) is 15.6 Å². The van der Waals surface area contributed by atoms with Crippen molar-refractivity contribution in [2.45, 2.75) is 38.5 Å². The highest BCUT2D eigenvalue weighted by Crippen LogP contribution is 2.28. The molecule has 1 fully saturated rings. The number of benzene rings is 1. The highest BCUT2D eigenvalue weighted by atomic mass is 35.5. The van der Waals surface area contributed by atoms with E-state index in [0.717, 1.165) is 12.2 Å². The van der Waals surface area contributed by atoms with Crippen molar-refractivity contribution in [3.05, 3.63) is 33.3 Å². The van der Waals surface area contributed by atoms with E-state index in [2.05, 4.69) is 5.32 Å². The molecule has 0 radical (unpaired) electrons. The number of rotatable bonds is 4. The van der Waals surface area contributed by atoms with Crippen molar-refractivity contribution in [1.29, 1.82) is 0 Å². The molecule has 1 aliphatic carbocycles. The molecule has 2 rings (SSSR count). The summed E-state index contributed by atoms with van der Waals surface area (Å²) in [6, 6.07) is 4.58. The normalized spacial score (nSPS) is 16.9. The molecule has 1 aromatic carbocycles. The van der Waals surface area contributed by atoms with Crippen LogP contribution < -0.4 is 5.32 Å². The highest BCUT2D eigenvalue weighted by molar-refractivity contribution is 6.33. The van der Waals surface area contributed by atoms with E-state index in [1.54, 1.807) is 6.07 Å². The molecule has 0 unspecified atom stereocenters. The zero-order valence-corrected chi connectivity index (χ0v) is 11.7. The lowest BCUT2D eigenvalue weighted by molar-refractivity contribution is -0.384. The summed E-state index contributed by atoms with van der Waals surface area (Å²) >= 11 is 6.06. The lowest BCUT2D eigenvalue weighted by Gasteiger charge is -2.16. The van der Waals surface area contributed by atoms with Gasteiger partial charge in [0, 0.05) is 18.7 Å². The van der Waals surface area contributed by atoms with Crippen LogP contribution in [0.4, 0.5) is 11.4 Å². The molecule has 1 N–H and O–H groups in total. The van der Waals surface area contributed by atoms with Crippen molar-refractivity contribution >= 4 is 23.0 Å². The molecule has 5 heteroatoms. The first-order chi connectivity index (χ1) is 9.16. The summed E-state index contributed by atoms with van der Waals surface area (Å²) in [4.78, 5) is 10.2. The van der Waals surface area contributed by atoms with Crippen LogP contribution in [0.25, 0.3) is 0 Å². The van der Waals surface area contributed by atoms with Crippen LogP contribution in [0.3, 0.4) is 0 Å². The van der Waals surface area contributed by atoms with Crippen molar-refractivity contribution < 1.29 is 4.92 Å². The Bertz CT molecular complexity index is 443. The number of nitrogens with zero attached hydrogens (tertiary/aromatic N) is 1. The maximum atomic E-state index is 10.6. The fourth-order valence-corrected chi connectivity index (χ4v) is 2.82. The lowest BCUT2D eigenvalue weighted by Crippen LogP contribution is -2.13. The van der Waals surface area contributed by atoms with Gasteiger partial charge in [0.2, 0.25) is 0 Å². The number of hydrogen-bond donors (Lipinski definition) is 1. The van der Waals surface area contributed by atoms with Gasteiger partial charge >= 0.3 is 0 Å². The van der Waals surface area contributed by atoms with Crippen molar-refractivity contribution in [1.82, 2.24) is 0 Å². The Labute approximate surface area is 118 Å². The van der Waals surface area contributed by atoms with Crippen molar-refractivity contribution in [3.8, 4) is 0 Å². The monoisotopic (exact) mass is 282 g/mol. The number of halogens is 1. The number of nitro benzene ring substituents is 1. The van der Waals surface area contributed by atoms with Gasteiger partial charge in [-0.25, -0.2) is 0 Å². The number of nitro groups is 1. The van der Waals surface area contributed by atoms with Gasteiger partial charge < -0.3 is 5.32 Å². The highest BCUT2D eigenvalue weighted by Gasteiger charge is 2.13. The molecule has 0 aliphatic heterocycles. The Morgan fingerprint density at radius 3 is 2.53 bits per heavy atom. The van der Waals surface area contributed by atoms with Gasteiger partial charge in [-0.2, -0.15) is 0 Å². The minimum Gasteiger partial charge on any atom is -0.384 e. The number of nitrogens with one attached hydrogen (secondary N) is 1. The van der Waals surface area contributed by atoms with E-state index in [4.69, 9.17) is 11.6 Å². The summed E-state index contributed by atoms with van der Waals surface area (Å²) in [6.45, 7) is 0.900. The largest absolute Gasteiger partial charge is 0.384 e. The lowest BCUT2D eigenvalue weighted by atomic mass is 10.0. The standard InChI is InChI=1S/C14H19ClN2O2/c15-13-9-12(17(18)19)7-8-14(13)16-10-11-5-3-1-2-4-6-11/h7-9,11,16H,1-6,10H2. The first kappa shape index (κ1) is 14.1. The molecule has 0 bridgehead atoms. The molecule has 0 aromatic heterocycles. The van der Waals surface area contributed by atoms with Gasteiger partial charge in [-0.05, 0) is 24.8 Å². The van der Waals surface area contributed by atoms with Crippen LogP contribution >= 0.6 is 11.6 Å². The molecule has 0 heterocycles. The maximum Gasteiger partial charge on any atom is 0.271 e. The topological polar surface area (TPSA) is 55.2 Å². The molecular weight excluding hydrogens is 264 g/mol. The van der Waals surface area contributed by atoms with Crippen molar-refractivity contribution in [3.63, 3.8) is 0 Å². The number of anilines is 1. The Kier molecular flexibility index (Phi) is 5.02. The zero-order valence-electron chi connectivity index (χ0n) is 10.9. The van der Waals surface area contributed by atoms with Gasteiger partial charge in [0.1, 0.15) is 0 Å². The van der Waals surface area contributed by atoms with Crippen LogP contribution in [0.15, 0.2) is 18.2 Å². The minimum absolute atomic E-state index is 0.0324. The quantitative estimate of drug-likeness (QED) is 0.497. The van der Waals surface area contributed by atoms with Crippen LogP contribution in [-0.4, -0.2) is 11.5 Å². The van der Waals surface area contributed by atoms with E-state index in [-0.39, 0.29) is 5.69 Å². The Balaban J connectivity index is 1.93. The predicted octanol–water partition coefficient (Wildman–Crippen LogP) is 4.63. The van der Waals surface area contributed by atoms with E-state index in [0.29, 0.717) is 10.9 Å². The molecular formula is C14H19ClN2O2. The third-order valence-corrected chi connectivity index (χ3v) is 4.03. The van der Waals surface area contributed by atoms with E-state index < -0.39 is 4.92 Å². The summed E-state index contributed by atoms with van der Waals surface area (Å²) in [7, 11) is 0. The first-order valence-electron chi connectivity index (χ1n) is 6.84. The summed E-state index contributed by atoms with van der Waals surface area (Å²) < 4.78 is 0. The maximum absolute atomic E-state index is 10.6. The molecule has 1 saturated carbocycles. The summed E-state index contributed by atoms with van der Waals surface area (Å²) in [5, 5.41) is 14.4. The molecule has 1 aliphatic rings. The molecule has 4 nitrogen and oxygen atoms in total. The Morgan fingerprint density at radius 1 is 1.26 bits per heavy atom. The molecule has 0 atom stereocenters. The average molecular weight is 283 g/mol. The third-order valence-electron chi connectivity index (χ3n) is 3.72. The van der Waals surface area contributed by atoms with Crippen LogP contribution in [0.2, 0.25) is 5.02 Å². The van der Waals surface area contributed by atoms with Gasteiger partial charge in [0.15, 0.2) is 0 Å². The Morgan fingerprint density at radius 2 is 1.95 bits per heavy atom. The summed E-state index contributed by atoms with van der Waals surface area (Å²) in [6.07, 6.45) is 7.82. The van der Waals surface area contributed by atoms with Crippen LogP contribution in [0.5, 0.6) is 0 Å². The van der Waals surface area contributed by atoms with E-state index in [1.165, 1.54) is 50.7 Å². The minimum atomic E-state index is -0.430. The fourth-order valence-electron chi connectivity index (χ4n) is 2.58. The number of non-ortho nitro benzene ring substituents is 1. The first-order valence-corrected chi connectivity index (χ1v) is 7.22. The second-order valence-electron chi connectivity index (χ2n) is 5.16. The molecule has 0 saturated heterocycles. The third kappa shape index (κ3) is 4.10. The summed E-state index contributed by atoms with van der Waals surface area (Å²) in [5.41, 5.74) is 0.821. The second-order valence-corrected chi connectivity index (χ2v) is 5.57.